The predicted molar refractivity (Wildman–Crippen MR) is 67.0 cm³/mol. The third-order valence-corrected chi connectivity index (χ3v) is 2.80. The van der Waals surface area contributed by atoms with Crippen molar-refractivity contribution in [2.45, 2.75) is 19.8 Å². The normalized spacial score (nSPS) is 11.0. The van der Waals surface area contributed by atoms with E-state index >= 15 is 0 Å². The van der Waals surface area contributed by atoms with Gasteiger partial charge in [-0.1, -0.05) is 13.8 Å². The minimum absolute atomic E-state index is 0.154. The summed E-state index contributed by atoms with van der Waals surface area (Å²) in [5.74, 6) is 0.609. The molecule has 0 N–H and O–H groups in total. The summed E-state index contributed by atoms with van der Waals surface area (Å²) in [7, 11) is 1.42. The van der Waals surface area contributed by atoms with Crippen LogP contribution in [-0.2, 0) is 0 Å². The summed E-state index contributed by atoms with van der Waals surface area (Å²) in [5, 5.41) is 8.09. The Bertz CT molecular complexity index is 568. The van der Waals surface area contributed by atoms with Crippen molar-refractivity contribution in [1.82, 2.24) is 14.8 Å². The molecule has 2 aromatic rings. The van der Waals surface area contributed by atoms with Crippen LogP contribution in [0.1, 0.15) is 25.6 Å². The fraction of sp³-hybridized carbons (Fsp3) is 0.333. The van der Waals surface area contributed by atoms with Crippen molar-refractivity contribution < 1.29 is 9.13 Å². The Kier molecular flexibility index (Phi) is 3.52. The maximum Gasteiger partial charge on any atom is 0.229 e. The monoisotopic (exact) mass is 269 g/mol. The smallest absolute Gasteiger partial charge is 0.229 e. The van der Waals surface area contributed by atoms with Gasteiger partial charge >= 0.3 is 0 Å². The third kappa shape index (κ3) is 2.18. The van der Waals surface area contributed by atoms with Crippen LogP contribution < -0.4 is 4.74 Å². The van der Waals surface area contributed by atoms with Crippen molar-refractivity contribution in [1.29, 1.82) is 0 Å². The maximum absolute atomic E-state index is 13.4. The van der Waals surface area contributed by atoms with Crippen LogP contribution in [0.4, 0.5) is 4.39 Å². The van der Waals surface area contributed by atoms with Gasteiger partial charge in [-0.15, -0.1) is 10.2 Å². The van der Waals surface area contributed by atoms with Gasteiger partial charge < -0.3 is 4.74 Å². The highest BCUT2D eigenvalue weighted by atomic mass is 35.5. The minimum Gasteiger partial charge on any atom is -0.494 e. The predicted octanol–water partition coefficient (Wildman–Crippen LogP) is 3.19. The molecule has 0 aliphatic carbocycles. The molecule has 1 aromatic heterocycles. The van der Waals surface area contributed by atoms with E-state index in [9.17, 15) is 4.39 Å². The molecule has 1 aromatic carbocycles. The average Bonchev–Trinajstić information content (AvgIpc) is 2.72. The molecule has 0 bridgehead atoms. The van der Waals surface area contributed by atoms with Crippen LogP contribution in [0.25, 0.3) is 5.69 Å². The van der Waals surface area contributed by atoms with Crippen molar-refractivity contribution in [3.63, 3.8) is 0 Å². The molecule has 0 radical (unpaired) electrons. The highest BCUT2D eigenvalue weighted by molar-refractivity contribution is 6.28. The molecule has 0 fully saturated rings. The van der Waals surface area contributed by atoms with Crippen molar-refractivity contribution in [3.8, 4) is 11.4 Å². The number of benzene rings is 1. The highest BCUT2D eigenvalue weighted by Gasteiger charge is 2.16. The Morgan fingerprint density at radius 2 is 2.06 bits per heavy atom. The summed E-state index contributed by atoms with van der Waals surface area (Å²) in [5.41, 5.74) is 0.673. The topological polar surface area (TPSA) is 39.9 Å². The van der Waals surface area contributed by atoms with Gasteiger partial charge in [0.05, 0.1) is 12.8 Å². The molecule has 0 aliphatic heterocycles. The molecule has 0 aliphatic rings. The van der Waals surface area contributed by atoms with Crippen LogP contribution >= 0.6 is 11.6 Å². The number of hydrogen-bond acceptors (Lipinski definition) is 3. The summed E-state index contributed by atoms with van der Waals surface area (Å²) in [6.07, 6.45) is 0. The lowest BCUT2D eigenvalue weighted by Crippen LogP contribution is -2.04. The quantitative estimate of drug-likeness (QED) is 0.859. The van der Waals surface area contributed by atoms with E-state index in [1.807, 2.05) is 13.8 Å². The molecular weight excluding hydrogens is 257 g/mol. The summed E-state index contributed by atoms with van der Waals surface area (Å²) in [6.45, 7) is 3.97. The average molecular weight is 270 g/mol. The van der Waals surface area contributed by atoms with E-state index in [2.05, 4.69) is 10.2 Å². The second kappa shape index (κ2) is 4.94. The van der Waals surface area contributed by atoms with Crippen molar-refractivity contribution >= 4 is 11.6 Å². The van der Waals surface area contributed by atoms with E-state index < -0.39 is 5.82 Å². The van der Waals surface area contributed by atoms with Crippen LogP contribution in [0, 0.1) is 5.82 Å². The fourth-order valence-corrected chi connectivity index (χ4v) is 1.90. The zero-order chi connectivity index (χ0) is 13.3. The zero-order valence-electron chi connectivity index (χ0n) is 10.3. The van der Waals surface area contributed by atoms with E-state index in [1.54, 1.807) is 16.7 Å². The van der Waals surface area contributed by atoms with Crippen molar-refractivity contribution in [3.05, 3.63) is 35.1 Å². The van der Waals surface area contributed by atoms with Gasteiger partial charge in [-0.2, -0.15) is 0 Å². The van der Waals surface area contributed by atoms with Gasteiger partial charge in [0.25, 0.3) is 0 Å². The minimum atomic E-state index is -0.420. The van der Waals surface area contributed by atoms with Gasteiger partial charge in [0, 0.05) is 12.0 Å². The van der Waals surface area contributed by atoms with E-state index in [4.69, 9.17) is 16.3 Å². The zero-order valence-corrected chi connectivity index (χ0v) is 11.1. The highest BCUT2D eigenvalue weighted by Crippen LogP contribution is 2.26. The second-order valence-electron chi connectivity index (χ2n) is 4.14. The number of nitrogens with zero attached hydrogens (tertiary/aromatic N) is 3. The second-order valence-corrected chi connectivity index (χ2v) is 4.47. The number of methoxy groups -OCH3 is 1. The maximum atomic E-state index is 13.4. The van der Waals surface area contributed by atoms with Gasteiger partial charge in [-0.3, -0.25) is 4.57 Å². The number of ether oxygens (including phenoxy) is 1. The van der Waals surface area contributed by atoms with E-state index in [-0.39, 0.29) is 17.0 Å². The summed E-state index contributed by atoms with van der Waals surface area (Å²) in [4.78, 5) is 0. The first kappa shape index (κ1) is 12.8. The first-order chi connectivity index (χ1) is 8.54. The van der Waals surface area contributed by atoms with Gasteiger partial charge in [0.15, 0.2) is 11.6 Å². The largest absolute Gasteiger partial charge is 0.494 e. The van der Waals surface area contributed by atoms with E-state index in [1.165, 1.54) is 13.2 Å². The third-order valence-electron chi connectivity index (χ3n) is 2.56. The molecule has 0 spiro atoms. The Morgan fingerprint density at radius 1 is 1.33 bits per heavy atom. The molecule has 96 valence electrons. The number of rotatable bonds is 3. The van der Waals surface area contributed by atoms with E-state index in [0.29, 0.717) is 11.5 Å². The molecule has 4 nitrogen and oxygen atoms in total. The summed E-state index contributed by atoms with van der Waals surface area (Å²) < 4.78 is 20.0. The molecule has 18 heavy (non-hydrogen) atoms. The van der Waals surface area contributed by atoms with Gasteiger partial charge in [-0.05, 0) is 23.7 Å². The fourth-order valence-electron chi connectivity index (χ4n) is 1.68. The molecular formula is C12H13ClFN3O. The first-order valence-electron chi connectivity index (χ1n) is 5.49. The molecule has 0 atom stereocenters. The number of hydrogen-bond donors (Lipinski definition) is 0. The first-order valence-corrected chi connectivity index (χ1v) is 5.87. The van der Waals surface area contributed by atoms with Crippen LogP contribution in [0.3, 0.4) is 0 Å². The summed E-state index contributed by atoms with van der Waals surface area (Å²) in [6, 6.07) is 4.50. The van der Waals surface area contributed by atoms with Gasteiger partial charge in [0.2, 0.25) is 5.28 Å². The van der Waals surface area contributed by atoms with Crippen LogP contribution in [0.5, 0.6) is 5.75 Å². The summed E-state index contributed by atoms with van der Waals surface area (Å²) >= 11 is 6.01. The number of halogens is 2. The Labute approximate surface area is 109 Å². The Morgan fingerprint density at radius 3 is 2.67 bits per heavy atom. The Balaban J connectivity index is 2.58. The Hall–Kier alpha value is -1.62. The SMILES string of the molecule is COc1cc(-n2c(Cl)nnc2C(C)C)ccc1F. The lowest BCUT2D eigenvalue weighted by atomic mass is 10.2. The van der Waals surface area contributed by atoms with E-state index in [0.717, 1.165) is 0 Å². The van der Waals surface area contributed by atoms with Gasteiger partial charge in [-0.25, -0.2) is 4.39 Å². The van der Waals surface area contributed by atoms with Crippen molar-refractivity contribution in [2.24, 2.45) is 0 Å². The molecule has 0 saturated carbocycles. The van der Waals surface area contributed by atoms with Crippen LogP contribution in [0.2, 0.25) is 5.28 Å². The molecule has 0 saturated heterocycles. The molecule has 0 unspecified atom stereocenters. The van der Waals surface area contributed by atoms with Crippen LogP contribution in [0.15, 0.2) is 18.2 Å². The molecule has 1 heterocycles. The van der Waals surface area contributed by atoms with Crippen molar-refractivity contribution in [2.75, 3.05) is 7.11 Å². The number of aromatic nitrogens is 3. The molecule has 2 rings (SSSR count). The van der Waals surface area contributed by atoms with Crippen LogP contribution in [-0.4, -0.2) is 21.9 Å². The molecule has 0 amide bonds. The molecule has 6 heteroatoms. The van der Waals surface area contributed by atoms with Gasteiger partial charge in [0.1, 0.15) is 5.82 Å². The standard InChI is InChI=1S/C12H13ClFN3O/c1-7(2)11-15-16-12(13)17(11)8-4-5-9(14)10(6-8)18-3/h4-7H,1-3H3. The lowest BCUT2D eigenvalue weighted by Gasteiger charge is -2.11. The lowest BCUT2D eigenvalue weighted by molar-refractivity contribution is 0.386.